The summed E-state index contributed by atoms with van der Waals surface area (Å²) in [5, 5.41) is 3.53. The zero-order chi connectivity index (χ0) is 13.4. The molecule has 0 aromatic carbocycles. The monoisotopic (exact) mass is 249 g/mol. The fraction of sp³-hybridized carbons (Fsp3) is 0.667. The second-order valence-electron chi connectivity index (χ2n) is 5.29. The minimum atomic E-state index is 0.574. The average Bonchev–Trinajstić information content (AvgIpc) is 2.35. The van der Waals surface area contributed by atoms with Crippen molar-refractivity contribution < 1.29 is 0 Å². The van der Waals surface area contributed by atoms with Crippen molar-refractivity contribution in [1.82, 2.24) is 15.2 Å². The molecule has 102 valence electrons. The molecule has 1 aromatic heterocycles. The maximum Gasteiger partial charge on any atom is 0.0271 e. The van der Waals surface area contributed by atoms with E-state index in [1.165, 1.54) is 12.0 Å². The molecule has 1 N–H and O–H groups in total. The van der Waals surface area contributed by atoms with Gasteiger partial charge in [0, 0.05) is 31.5 Å². The summed E-state index contributed by atoms with van der Waals surface area (Å²) in [6.07, 6.45) is 4.92. The van der Waals surface area contributed by atoms with E-state index in [1.54, 1.807) is 0 Å². The summed E-state index contributed by atoms with van der Waals surface area (Å²) in [6.45, 7) is 9.94. The fourth-order valence-electron chi connectivity index (χ4n) is 2.22. The van der Waals surface area contributed by atoms with Gasteiger partial charge in [-0.1, -0.05) is 20.8 Å². The molecule has 0 saturated carbocycles. The van der Waals surface area contributed by atoms with Gasteiger partial charge in [-0.25, -0.2) is 0 Å². The quantitative estimate of drug-likeness (QED) is 0.718. The molecule has 0 radical (unpaired) electrons. The van der Waals surface area contributed by atoms with E-state index in [-0.39, 0.29) is 0 Å². The number of aromatic nitrogens is 1. The predicted octanol–water partition coefficient (Wildman–Crippen LogP) is 2.54. The lowest BCUT2D eigenvalue weighted by Crippen LogP contribution is -2.43. The highest BCUT2D eigenvalue weighted by Crippen LogP contribution is 2.12. The Kier molecular flexibility index (Phi) is 6.91. The van der Waals surface area contributed by atoms with E-state index in [4.69, 9.17) is 0 Å². The molecule has 0 aliphatic carbocycles. The van der Waals surface area contributed by atoms with Gasteiger partial charge < -0.3 is 5.32 Å². The molecule has 0 aliphatic rings. The van der Waals surface area contributed by atoms with Gasteiger partial charge in [-0.15, -0.1) is 0 Å². The van der Waals surface area contributed by atoms with Gasteiger partial charge in [0.1, 0.15) is 0 Å². The highest BCUT2D eigenvalue weighted by molar-refractivity contribution is 5.09. The van der Waals surface area contributed by atoms with Crippen LogP contribution in [-0.2, 0) is 6.54 Å². The summed E-state index contributed by atoms with van der Waals surface area (Å²) in [7, 11) is 2.21. The number of nitrogens with one attached hydrogen (secondary N) is 1. The zero-order valence-corrected chi connectivity index (χ0v) is 12.2. The van der Waals surface area contributed by atoms with Gasteiger partial charge in [0.2, 0.25) is 0 Å². The van der Waals surface area contributed by atoms with Crippen LogP contribution in [0.15, 0.2) is 24.5 Å². The molecule has 3 heteroatoms. The second-order valence-corrected chi connectivity index (χ2v) is 5.29. The highest BCUT2D eigenvalue weighted by Gasteiger charge is 2.18. The van der Waals surface area contributed by atoms with Crippen molar-refractivity contribution in [3.63, 3.8) is 0 Å². The van der Waals surface area contributed by atoms with Crippen LogP contribution in [0.1, 0.15) is 32.8 Å². The lowest BCUT2D eigenvalue weighted by atomic mass is 10.0. The standard InChI is InChI=1S/C15H27N3/c1-5-8-17-11-15(13(2)3)18(4)12-14-6-9-16-10-7-14/h6-7,9-10,13,15,17H,5,8,11-12H2,1-4H3. The first kappa shape index (κ1) is 15.1. The SMILES string of the molecule is CCCNCC(C(C)C)N(C)Cc1ccncc1. The molecule has 0 spiro atoms. The van der Waals surface area contributed by atoms with Gasteiger partial charge in [-0.2, -0.15) is 0 Å². The van der Waals surface area contributed by atoms with Crippen molar-refractivity contribution in [2.75, 3.05) is 20.1 Å². The molecule has 1 unspecified atom stereocenters. The lowest BCUT2D eigenvalue weighted by Gasteiger charge is -2.31. The molecule has 1 rings (SSSR count). The van der Waals surface area contributed by atoms with Crippen LogP contribution in [0.4, 0.5) is 0 Å². The molecule has 0 bridgehead atoms. The van der Waals surface area contributed by atoms with E-state index in [0.717, 1.165) is 19.6 Å². The van der Waals surface area contributed by atoms with Crippen LogP contribution in [0.5, 0.6) is 0 Å². The Balaban J connectivity index is 2.51. The van der Waals surface area contributed by atoms with Gasteiger partial charge in [0.05, 0.1) is 0 Å². The van der Waals surface area contributed by atoms with Crippen molar-refractivity contribution in [3.8, 4) is 0 Å². The summed E-state index contributed by atoms with van der Waals surface area (Å²) >= 11 is 0. The third-order valence-electron chi connectivity index (χ3n) is 3.30. The molecule has 3 nitrogen and oxygen atoms in total. The van der Waals surface area contributed by atoms with E-state index in [9.17, 15) is 0 Å². The zero-order valence-electron chi connectivity index (χ0n) is 12.2. The van der Waals surface area contributed by atoms with E-state index >= 15 is 0 Å². The summed E-state index contributed by atoms with van der Waals surface area (Å²) in [5.41, 5.74) is 1.33. The first-order valence-electron chi connectivity index (χ1n) is 6.95. The predicted molar refractivity (Wildman–Crippen MR) is 77.5 cm³/mol. The molecular weight excluding hydrogens is 222 g/mol. The van der Waals surface area contributed by atoms with E-state index < -0.39 is 0 Å². The Labute approximate surface area is 112 Å². The smallest absolute Gasteiger partial charge is 0.0271 e. The van der Waals surface area contributed by atoms with Crippen molar-refractivity contribution in [3.05, 3.63) is 30.1 Å². The maximum absolute atomic E-state index is 4.06. The van der Waals surface area contributed by atoms with Crippen molar-refractivity contribution in [2.45, 2.75) is 39.8 Å². The lowest BCUT2D eigenvalue weighted by molar-refractivity contribution is 0.180. The molecule has 0 aliphatic heterocycles. The van der Waals surface area contributed by atoms with Crippen molar-refractivity contribution in [2.24, 2.45) is 5.92 Å². The van der Waals surface area contributed by atoms with Crippen LogP contribution in [0, 0.1) is 5.92 Å². The number of hydrogen-bond acceptors (Lipinski definition) is 3. The second kappa shape index (κ2) is 8.22. The third kappa shape index (κ3) is 5.15. The molecule has 0 amide bonds. The molecule has 0 saturated heterocycles. The Morgan fingerprint density at radius 3 is 2.50 bits per heavy atom. The highest BCUT2D eigenvalue weighted by atomic mass is 15.1. The van der Waals surface area contributed by atoms with Crippen LogP contribution in [0.2, 0.25) is 0 Å². The summed E-state index contributed by atoms with van der Waals surface area (Å²) in [5.74, 6) is 0.654. The Hall–Kier alpha value is -0.930. The van der Waals surface area contributed by atoms with Crippen LogP contribution < -0.4 is 5.32 Å². The van der Waals surface area contributed by atoms with Crippen molar-refractivity contribution in [1.29, 1.82) is 0 Å². The van der Waals surface area contributed by atoms with Crippen LogP contribution in [-0.4, -0.2) is 36.1 Å². The molecular formula is C15H27N3. The first-order valence-corrected chi connectivity index (χ1v) is 6.95. The van der Waals surface area contributed by atoms with Gasteiger partial charge in [0.15, 0.2) is 0 Å². The minimum absolute atomic E-state index is 0.574. The molecule has 18 heavy (non-hydrogen) atoms. The number of pyridine rings is 1. The Morgan fingerprint density at radius 1 is 1.28 bits per heavy atom. The van der Waals surface area contributed by atoms with Gasteiger partial charge >= 0.3 is 0 Å². The number of hydrogen-bond donors (Lipinski definition) is 1. The average molecular weight is 249 g/mol. The van der Waals surface area contributed by atoms with E-state index in [1.807, 2.05) is 12.4 Å². The van der Waals surface area contributed by atoms with E-state index in [2.05, 4.69) is 55.2 Å². The number of likely N-dealkylation sites (N-methyl/N-ethyl adjacent to an activating group) is 1. The molecule has 1 atom stereocenters. The Morgan fingerprint density at radius 2 is 1.94 bits per heavy atom. The third-order valence-corrected chi connectivity index (χ3v) is 3.30. The van der Waals surface area contributed by atoms with Crippen molar-refractivity contribution >= 4 is 0 Å². The molecule has 1 aromatic rings. The largest absolute Gasteiger partial charge is 0.315 e. The number of nitrogens with zero attached hydrogens (tertiary/aromatic N) is 2. The molecule has 0 fully saturated rings. The van der Waals surface area contributed by atoms with Crippen LogP contribution >= 0.6 is 0 Å². The minimum Gasteiger partial charge on any atom is -0.315 e. The van der Waals surface area contributed by atoms with Crippen LogP contribution in [0.25, 0.3) is 0 Å². The van der Waals surface area contributed by atoms with Gasteiger partial charge in [-0.05, 0) is 43.6 Å². The first-order chi connectivity index (χ1) is 8.65. The topological polar surface area (TPSA) is 28.2 Å². The summed E-state index contributed by atoms with van der Waals surface area (Å²) in [6, 6.07) is 4.76. The molecule has 1 heterocycles. The summed E-state index contributed by atoms with van der Waals surface area (Å²) in [4.78, 5) is 6.50. The number of rotatable bonds is 8. The maximum atomic E-state index is 4.06. The van der Waals surface area contributed by atoms with Gasteiger partial charge in [-0.3, -0.25) is 9.88 Å². The van der Waals surface area contributed by atoms with Gasteiger partial charge in [0.25, 0.3) is 0 Å². The van der Waals surface area contributed by atoms with E-state index in [0.29, 0.717) is 12.0 Å². The Bertz CT molecular complexity index is 311. The fourth-order valence-corrected chi connectivity index (χ4v) is 2.22. The normalized spacial score (nSPS) is 13.2. The van der Waals surface area contributed by atoms with Crippen LogP contribution in [0.3, 0.4) is 0 Å². The summed E-state index contributed by atoms with van der Waals surface area (Å²) < 4.78 is 0.